The van der Waals surface area contributed by atoms with Crippen LogP contribution in [0.1, 0.15) is 34.6 Å². The van der Waals surface area contributed by atoms with E-state index >= 15 is 0 Å². The topological polar surface area (TPSA) is 3.24 Å². The van der Waals surface area contributed by atoms with Crippen molar-refractivity contribution in [3.05, 3.63) is 11.6 Å². The van der Waals surface area contributed by atoms with Crippen LogP contribution in [-0.2, 0) is 0 Å². The molecule has 0 aromatic rings. The van der Waals surface area contributed by atoms with Crippen LogP contribution in [0.5, 0.6) is 0 Å². The Morgan fingerprint density at radius 1 is 1.31 bits per heavy atom. The fourth-order valence-corrected chi connectivity index (χ4v) is 2.67. The lowest BCUT2D eigenvalue weighted by atomic mass is 9.69. The van der Waals surface area contributed by atoms with Crippen LogP contribution in [0.15, 0.2) is 11.6 Å². The first-order valence-corrected chi connectivity index (χ1v) is 5.13. The zero-order valence-electron chi connectivity index (χ0n) is 9.94. The van der Waals surface area contributed by atoms with E-state index in [1.54, 1.807) is 5.57 Å². The van der Waals surface area contributed by atoms with Gasteiger partial charge in [-0.2, -0.15) is 0 Å². The highest BCUT2D eigenvalue weighted by Crippen LogP contribution is 2.41. The van der Waals surface area contributed by atoms with E-state index in [1.807, 2.05) is 0 Å². The van der Waals surface area contributed by atoms with Gasteiger partial charge in [0.1, 0.15) is 0 Å². The van der Waals surface area contributed by atoms with E-state index in [4.69, 9.17) is 0 Å². The third-order valence-electron chi connectivity index (χ3n) is 2.81. The quantitative estimate of drug-likeness (QED) is 0.519. The molecule has 0 atom stereocenters. The maximum atomic E-state index is 2.41. The van der Waals surface area contributed by atoms with Crippen LogP contribution in [0.2, 0.25) is 0 Å². The van der Waals surface area contributed by atoms with Crippen molar-refractivity contribution in [3.8, 4) is 0 Å². The van der Waals surface area contributed by atoms with Crippen molar-refractivity contribution in [2.45, 2.75) is 34.6 Å². The Bertz CT molecular complexity index is 218. The first-order chi connectivity index (χ1) is 5.73. The molecule has 0 N–H and O–H groups in total. The zero-order chi connectivity index (χ0) is 10.3. The van der Waals surface area contributed by atoms with Crippen LogP contribution in [0.3, 0.4) is 0 Å². The maximum Gasteiger partial charge on any atom is 0.0163 e. The molecule has 0 saturated carbocycles. The molecule has 0 amide bonds. The van der Waals surface area contributed by atoms with Crippen molar-refractivity contribution in [3.63, 3.8) is 0 Å². The van der Waals surface area contributed by atoms with Crippen LogP contribution in [0, 0.1) is 10.8 Å². The summed E-state index contributed by atoms with van der Waals surface area (Å²) >= 11 is 0. The first kappa shape index (κ1) is 10.8. The molecule has 0 aromatic carbocycles. The van der Waals surface area contributed by atoms with Crippen LogP contribution < -0.4 is 0 Å². The molecule has 1 heterocycles. The Labute approximate surface area is 82.8 Å². The van der Waals surface area contributed by atoms with E-state index in [-0.39, 0.29) is 0 Å². The highest BCUT2D eigenvalue weighted by Gasteiger charge is 2.34. The third-order valence-corrected chi connectivity index (χ3v) is 2.81. The molecule has 0 fully saturated rings. The fourth-order valence-electron chi connectivity index (χ4n) is 2.67. The van der Waals surface area contributed by atoms with Gasteiger partial charge in [-0.05, 0) is 17.9 Å². The van der Waals surface area contributed by atoms with Gasteiger partial charge in [0.25, 0.3) is 0 Å². The van der Waals surface area contributed by atoms with Gasteiger partial charge in [-0.15, -0.1) is 0 Å². The van der Waals surface area contributed by atoms with Gasteiger partial charge in [0.05, 0.1) is 0 Å². The third kappa shape index (κ3) is 2.34. The highest BCUT2D eigenvalue weighted by molar-refractivity contribution is 5.22. The fraction of sp³-hybridized carbons (Fsp3) is 0.833. The molecule has 0 aliphatic carbocycles. The van der Waals surface area contributed by atoms with Crippen molar-refractivity contribution < 1.29 is 0 Å². The highest BCUT2D eigenvalue weighted by atomic mass is 15.1. The van der Waals surface area contributed by atoms with E-state index in [2.05, 4.69) is 52.6 Å². The molecule has 0 spiro atoms. The lowest BCUT2D eigenvalue weighted by Gasteiger charge is -2.42. The smallest absolute Gasteiger partial charge is 0.0163 e. The van der Waals surface area contributed by atoms with Gasteiger partial charge in [-0.1, -0.05) is 46.3 Å². The Balaban J connectivity index is 2.96. The summed E-state index contributed by atoms with van der Waals surface area (Å²) in [6.45, 7) is 13.9. The normalized spacial score (nSPS) is 24.3. The van der Waals surface area contributed by atoms with Crippen molar-refractivity contribution in [2.24, 2.45) is 10.8 Å². The Morgan fingerprint density at radius 3 is 2.23 bits per heavy atom. The Kier molecular flexibility index (Phi) is 2.59. The summed E-state index contributed by atoms with van der Waals surface area (Å²) in [5.74, 6) is 0. The van der Waals surface area contributed by atoms with Crippen LogP contribution >= 0.6 is 0 Å². The second-order valence-electron chi connectivity index (χ2n) is 5.95. The van der Waals surface area contributed by atoms with Crippen LogP contribution in [0.4, 0.5) is 0 Å². The summed E-state index contributed by atoms with van der Waals surface area (Å²) in [5.41, 5.74) is 2.27. The van der Waals surface area contributed by atoms with Gasteiger partial charge in [-0.25, -0.2) is 0 Å². The van der Waals surface area contributed by atoms with Gasteiger partial charge in [0.15, 0.2) is 0 Å². The Hall–Kier alpha value is -0.300. The van der Waals surface area contributed by atoms with Gasteiger partial charge in [-0.3, -0.25) is 0 Å². The molecule has 1 heteroatoms. The van der Waals surface area contributed by atoms with E-state index in [0.717, 1.165) is 6.54 Å². The summed E-state index contributed by atoms with van der Waals surface area (Å²) in [6, 6.07) is 0. The average molecular weight is 181 g/mol. The van der Waals surface area contributed by atoms with Crippen molar-refractivity contribution in [1.29, 1.82) is 0 Å². The largest absolute Gasteiger partial charge is 0.302 e. The molecule has 1 rings (SSSR count). The predicted octanol–water partition coefficient (Wildman–Crippen LogP) is 2.93. The molecule has 1 aliphatic rings. The molecule has 0 saturated heterocycles. The molecular formula is C12H23N. The van der Waals surface area contributed by atoms with Gasteiger partial charge in [0.2, 0.25) is 0 Å². The van der Waals surface area contributed by atoms with E-state index < -0.39 is 0 Å². The lowest BCUT2D eigenvalue weighted by Crippen LogP contribution is -2.40. The van der Waals surface area contributed by atoms with E-state index in [9.17, 15) is 0 Å². The van der Waals surface area contributed by atoms with Crippen molar-refractivity contribution in [1.82, 2.24) is 4.90 Å². The van der Waals surface area contributed by atoms with Gasteiger partial charge < -0.3 is 4.90 Å². The summed E-state index contributed by atoms with van der Waals surface area (Å²) in [6.07, 6.45) is 2.41. The molecule has 0 aromatic heterocycles. The van der Waals surface area contributed by atoms with Crippen LogP contribution in [0.25, 0.3) is 0 Å². The standard InChI is InChI=1S/C12H23N/c1-11(2,3)10-7-8-13(6)9-12(10,4)5/h7H,8-9H2,1-6H3. The number of hydrogen-bond acceptors (Lipinski definition) is 1. The zero-order valence-corrected chi connectivity index (χ0v) is 9.94. The maximum absolute atomic E-state index is 2.41. The molecular weight excluding hydrogens is 158 g/mol. The number of likely N-dealkylation sites (N-methyl/N-ethyl adjacent to an activating group) is 1. The minimum atomic E-state index is 0.324. The number of nitrogens with zero attached hydrogens (tertiary/aromatic N) is 1. The van der Waals surface area contributed by atoms with Crippen molar-refractivity contribution >= 4 is 0 Å². The second-order valence-corrected chi connectivity index (χ2v) is 5.95. The van der Waals surface area contributed by atoms with Crippen molar-refractivity contribution in [2.75, 3.05) is 20.1 Å². The molecule has 0 radical (unpaired) electrons. The number of rotatable bonds is 0. The average Bonchev–Trinajstić information content (AvgIpc) is 1.79. The van der Waals surface area contributed by atoms with Gasteiger partial charge >= 0.3 is 0 Å². The summed E-state index contributed by atoms with van der Waals surface area (Å²) in [7, 11) is 2.19. The molecule has 13 heavy (non-hydrogen) atoms. The van der Waals surface area contributed by atoms with E-state index in [1.165, 1.54) is 6.54 Å². The molecule has 1 nitrogen and oxygen atoms in total. The minimum Gasteiger partial charge on any atom is -0.302 e. The van der Waals surface area contributed by atoms with E-state index in [0.29, 0.717) is 10.8 Å². The summed E-state index contributed by atoms with van der Waals surface area (Å²) < 4.78 is 0. The monoisotopic (exact) mass is 181 g/mol. The lowest BCUT2D eigenvalue weighted by molar-refractivity contribution is 0.206. The minimum absolute atomic E-state index is 0.324. The molecule has 0 bridgehead atoms. The SMILES string of the molecule is CN1CC=C(C(C)(C)C)C(C)(C)C1. The number of hydrogen-bond donors (Lipinski definition) is 0. The molecule has 76 valence electrons. The Morgan fingerprint density at radius 2 is 1.85 bits per heavy atom. The predicted molar refractivity (Wildman–Crippen MR) is 58.8 cm³/mol. The van der Waals surface area contributed by atoms with Crippen LogP contribution in [-0.4, -0.2) is 25.0 Å². The summed E-state index contributed by atoms with van der Waals surface area (Å²) in [4.78, 5) is 2.38. The first-order valence-electron chi connectivity index (χ1n) is 5.13. The molecule has 0 unspecified atom stereocenters. The summed E-state index contributed by atoms with van der Waals surface area (Å²) in [5, 5.41) is 0. The second kappa shape index (κ2) is 3.13. The molecule has 1 aliphatic heterocycles. The van der Waals surface area contributed by atoms with Gasteiger partial charge in [0, 0.05) is 13.1 Å².